The Hall–Kier alpha value is -1.32. The molecule has 8 nitrogen and oxygen atoms in total. The number of primary amides is 1. The van der Waals surface area contributed by atoms with Crippen LogP contribution in [0, 0.1) is 5.41 Å². The highest BCUT2D eigenvalue weighted by Crippen LogP contribution is 2.19. The predicted octanol–water partition coefficient (Wildman–Crippen LogP) is 2.19. The molecule has 0 rings (SSSR count). The third-order valence-electron chi connectivity index (χ3n) is 5.42. The maximum atomic E-state index is 13.4. The molecule has 0 saturated carbocycles. The molecule has 0 saturated heterocycles. The van der Waals surface area contributed by atoms with Gasteiger partial charge in [0.1, 0.15) is 12.1 Å². The molecule has 0 fully saturated rings. The number of carbonyl (C=O) groups excluding carboxylic acids is 3. The van der Waals surface area contributed by atoms with Gasteiger partial charge in [0.2, 0.25) is 17.7 Å². The van der Waals surface area contributed by atoms with Gasteiger partial charge in [-0.3, -0.25) is 14.4 Å². The largest absolute Gasteiger partial charge is 0.390 e. The molecule has 3 N–H and O–H groups in total. The first-order valence-corrected chi connectivity index (χ1v) is 13.0. The Morgan fingerprint density at radius 2 is 1.58 bits per heavy atom. The number of hydrogen-bond donors (Lipinski definition) is 2. The zero-order chi connectivity index (χ0) is 26.0. The fourth-order valence-electron chi connectivity index (χ4n) is 3.61. The summed E-state index contributed by atoms with van der Waals surface area (Å²) in [5.41, 5.74) is 4.59. The van der Waals surface area contributed by atoms with Crippen LogP contribution in [0.4, 0.5) is 0 Å². The van der Waals surface area contributed by atoms with Crippen molar-refractivity contribution in [3.05, 3.63) is 0 Å². The van der Waals surface area contributed by atoms with E-state index in [1.54, 1.807) is 32.7 Å². The summed E-state index contributed by atoms with van der Waals surface area (Å²) in [5, 5.41) is 10.2. The minimum absolute atomic E-state index is 0.0231. The molecule has 0 spiro atoms. The molecular formula is C24H48N4O4S. The fourth-order valence-corrected chi connectivity index (χ4v) is 4.75. The fraction of sp³-hybridized carbons (Fsp3) is 0.875. The van der Waals surface area contributed by atoms with Crippen molar-refractivity contribution in [1.82, 2.24) is 14.7 Å². The van der Waals surface area contributed by atoms with Gasteiger partial charge in [0.15, 0.2) is 0 Å². The third kappa shape index (κ3) is 12.6. The summed E-state index contributed by atoms with van der Waals surface area (Å²) in [4.78, 5) is 43.2. The molecule has 0 radical (unpaired) electrons. The quantitative estimate of drug-likeness (QED) is 0.342. The zero-order valence-electron chi connectivity index (χ0n) is 22.3. The topological polar surface area (TPSA) is 107 Å². The van der Waals surface area contributed by atoms with Crippen molar-refractivity contribution in [3.8, 4) is 0 Å². The molecule has 9 heteroatoms. The van der Waals surface area contributed by atoms with Crippen molar-refractivity contribution in [2.75, 3.05) is 45.2 Å². The summed E-state index contributed by atoms with van der Waals surface area (Å²) in [7, 11) is 3.16. The van der Waals surface area contributed by atoms with Gasteiger partial charge in [0.05, 0.1) is 5.60 Å². The van der Waals surface area contributed by atoms with Crippen LogP contribution in [0.25, 0.3) is 0 Å². The summed E-state index contributed by atoms with van der Waals surface area (Å²) in [6.07, 6.45) is 1.07. The highest BCUT2D eigenvalue weighted by atomic mass is 32.2. The zero-order valence-corrected chi connectivity index (χ0v) is 23.1. The molecule has 0 bridgehead atoms. The van der Waals surface area contributed by atoms with Gasteiger partial charge in [-0.2, -0.15) is 11.8 Å². The van der Waals surface area contributed by atoms with E-state index < -0.39 is 23.6 Å². The molecule has 0 aliphatic carbocycles. The van der Waals surface area contributed by atoms with Crippen molar-refractivity contribution in [1.29, 1.82) is 0 Å². The highest BCUT2D eigenvalue weighted by Gasteiger charge is 2.36. The van der Waals surface area contributed by atoms with Crippen LogP contribution in [0.2, 0.25) is 0 Å². The number of hydrogen-bond acceptors (Lipinski definition) is 6. The van der Waals surface area contributed by atoms with Crippen molar-refractivity contribution in [3.63, 3.8) is 0 Å². The number of aliphatic hydroxyl groups is 1. The minimum atomic E-state index is -1.17. The summed E-state index contributed by atoms with van der Waals surface area (Å²) >= 11 is 1.63. The van der Waals surface area contributed by atoms with Crippen LogP contribution < -0.4 is 5.73 Å². The number of nitrogens with two attached hydrogens (primary N) is 1. The van der Waals surface area contributed by atoms with Crippen molar-refractivity contribution in [2.45, 2.75) is 85.4 Å². The molecule has 2 atom stereocenters. The molecule has 0 heterocycles. The van der Waals surface area contributed by atoms with Crippen molar-refractivity contribution in [2.24, 2.45) is 11.1 Å². The number of thioether (sulfide) groups is 1. The highest BCUT2D eigenvalue weighted by molar-refractivity contribution is 7.99. The van der Waals surface area contributed by atoms with Gasteiger partial charge in [0.25, 0.3) is 0 Å². The van der Waals surface area contributed by atoms with Crippen LogP contribution in [-0.4, -0.2) is 100 Å². The second kappa shape index (κ2) is 14.2. The second-order valence-corrected chi connectivity index (χ2v) is 11.8. The van der Waals surface area contributed by atoms with Gasteiger partial charge in [-0.1, -0.05) is 34.6 Å². The Morgan fingerprint density at radius 1 is 1.00 bits per heavy atom. The normalized spacial score (nSPS) is 14.2. The Balaban J connectivity index is 5.42. The van der Waals surface area contributed by atoms with Crippen molar-refractivity contribution >= 4 is 29.5 Å². The molecule has 33 heavy (non-hydrogen) atoms. The maximum Gasteiger partial charge on any atom is 0.246 e. The third-order valence-corrected chi connectivity index (χ3v) is 6.44. The van der Waals surface area contributed by atoms with Gasteiger partial charge in [-0.25, -0.2) is 0 Å². The number of carbonyl (C=O) groups is 3. The number of likely N-dealkylation sites (N-methyl/N-ethyl adjacent to an activating group) is 2. The molecular weight excluding hydrogens is 440 g/mol. The van der Waals surface area contributed by atoms with E-state index in [4.69, 9.17) is 5.73 Å². The van der Waals surface area contributed by atoms with E-state index in [1.807, 2.05) is 6.92 Å². The maximum absolute atomic E-state index is 13.4. The lowest BCUT2D eigenvalue weighted by molar-refractivity contribution is -0.147. The second-order valence-electron chi connectivity index (χ2n) is 10.7. The number of amides is 3. The first-order chi connectivity index (χ1) is 15.0. The van der Waals surface area contributed by atoms with E-state index in [0.717, 1.165) is 25.4 Å². The van der Waals surface area contributed by atoms with Gasteiger partial charge in [0, 0.05) is 51.5 Å². The predicted molar refractivity (Wildman–Crippen MR) is 137 cm³/mol. The molecule has 0 aromatic carbocycles. The molecule has 0 unspecified atom stereocenters. The van der Waals surface area contributed by atoms with E-state index in [-0.39, 0.29) is 23.7 Å². The molecule has 0 aliphatic rings. The Bertz CT molecular complexity index is 631. The monoisotopic (exact) mass is 488 g/mol. The average Bonchev–Trinajstić information content (AvgIpc) is 2.68. The van der Waals surface area contributed by atoms with Crippen LogP contribution in [0.5, 0.6) is 0 Å². The summed E-state index contributed by atoms with van der Waals surface area (Å²) < 4.78 is 0. The van der Waals surface area contributed by atoms with Gasteiger partial charge in [-0.15, -0.1) is 0 Å². The van der Waals surface area contributed by atoms with Crippen LogP contribution in [-0.2, 0) is 14.4 Å². The Morgan fingerprint density at radius 3 is 2.00 bits per heavy atom. The van der Waals surface area contributed by atoms with E-state index >= 15 is 0 Å². The first kappa shape index (κ1) is 31.7. The van der Waals surface area contributed by atoms with Crippen LogP contribution >= 0.6 is 11.8 Å². The lowest BCUT2D eigenvalue weighted by atomic mass is 9.96. The van der Waals surface area contributed by atoms with Crippen LogP contribution in [0.15, 0.2) is 0 Å². The first-order valence-electron chi connectivity index (χ1n) is 11.9. The lowest BCUT2D eigenvalue weighted by Crippen LogP contribution is -2.56. The Labute approximate surface area is 205 Å². The minimum Gasteiger partial charge on any atom is -0.390 e. The average molecular weight is 489 g/mol. The summed E-state index contributed by atoms with van der Waals surface area (Å²) in [6.45, 7) is 16.7. The molecule has 3 amide bonds. The van der Waals surface area contributed by atoms with E-state index in [9.17, 15) is 19.5 Å². The van der Waals surface area contributed by atoms with E-state index in [2.05, 4.69) is 32.6 Å². The number of rotatable bonds is 15. The standard InChI is InChI=1S/C24H48N4O4S/c1-10-12-20(29)26(8)19(16-33-14-13-28(11-2)17-23(3,4)5)22(31)27(9)18(21(25)30)15-24(6,7)32/h18-19,32H,10-17H2,1-9H3,(H2,25,30)/t18-,19+/m0/s1. The molecule has 194 valence electrons. The molecule has 0 aromatic rings. The molecule has 0 aliphatic heterocycles. The SMILES string of the molecule is CCCC(=O)N(C)[C@H](CSCCN(CC)CC(C)(C)C)C(=O)N(C)[C@@H](CC(C)(C)O)C(N)=O. The van der Waals surface area contributed by atoms with E-state index in [1.165, 1.54) is 16.8 Å². The van der Waals surface area contributed by atoms with Gasteiger partial charge >= 0.3 is 0 Å². The van der Waals surface area contributed by atoms with Crippen LogP contribution in [0.3, 0.4) is 0 Å². The molecule has 0 aromatic heterocycles. The lowest BCUT2D eigenvalue weighted by Gasteiger charge is -2.35. The van der Waals surface area contributed by atoms with Gasteiger partial charge < -0.3 is 25.5 Å². The smallest absolute Gasteiger partial charge is 0.246 e. The summed E-state index contributed by atoms with van der Waals surface area (Å²) in [5.74, 6) is 0.130. The van der Waals surface area contributed by atoms with Crippen LogP contribution in [0.1, 0.15) is 67.7 Å². The van der Waals surface area contributed by atoms with Crippen molar-refractivity contribution < 1.29 is 19.5 Å². The number of nitrogens with zero attached hydrogens (tertiary/aromatic N) is 3. The van der Waals surface area contributed by atoms with E-state index in [0.29, 0.717) is 18.6 Å². The Kier molecular flexibility index (Phi) is 13.6. The summed E-state index contributed by atoms with van der Waals surface area (Å²) in [6, 6.07) is -1.66. The van der Waals surface area contributed by atoms with Gasteiger partial charge in [-0.05, 0) is 32.2 Å².